The molecule has 1 atom stereocenters. The second kappa shape index (κ2) is 7.46. The van der Waals surface area contributed by atoms with E-state index in [1.807, 2.05) is 26.8 Å². The molecule has 0 aromatic heterocycles. The summed E-state index contributed by atoms with van der Waals surface area (Å²) in [5.74, 6) is -0.246. The Balaban J connectivity index is 3.01. The van der Waals surface area contributed by atoms with Crippen molar-refractivity contribution in [1.82, 2.24) is 5.32 Å². The Morgan fingerprint density at radius 1 is 1.22 bits per heavy atom. The number of benzene rings is 1. The van der Waals surface area contributed by atoms with Crippen LogP contribution < -0.4 is 5.32 Å². The number of hydrogen-bond acceptors (Lipinski definition) is 3. The van der Waals surface area contributed by atoms with Crippen LogP contribution >= 0.6 is 0 Å². The Morgan fingerprint density at radius 2 is 1.83 bits per heavy atom. The molecule has 0 spiro atoms. The van der Waals surface area contributed by atoms with Gasteiger partial charge in [-0.3, -0.25) is 0 Å². The number of aryl methyl sites for hydroxylation is 1. The quantitative estimate of drug-likeness (QED) is 0.760. The zero-order valence-electron chi connectivity index (χ0n) is 11.5. The normalized spacial score (nSPS) is 13.0. The van der Waals surface area contributed by atoms with Crippen molar-refractivity contribution >= 4 is 0 Å². The van der Waals surface area contributed by atoms with Crippen LogP contribution in [0.5, 0.6) is 0 Å². The lowest BCUT2D eigenvalue weighted by molar-refractivity contribution is -0.154. The third-order valence-corrected chi connectivity index (χ3v) is 2.73. The van der Waals surface area contributed by atoms with E-state index in [4.69, 9.17) is 9.47 Å². The third-order valence-electron chi connectivity index (χ3n) is 2.73. The van der Waals surface area contributed by atoms with Crippen LogP contribution in [0.3, 0.4) is 0 Å². The molecule has 0 bridgehead atoms. The van der Waals surface area contributed by atoms with E-state index in [0.717, 1.165) is 5.56 Å². The van der Waals surface area contributed by atoms with E-state index in [9.17, 15) is 4.39 Å². The monoisotopic (exact) mass is 255 g/mol. The van der Waals surface area contributed by atoms with Crippen molar-refractivity contribution in [2.75, 3.05) is 20.3 Å². The molecule has 0 amide bonds. The van der Waals surface area contributed by atoms with Crippen LogP contribution in [0.1, 0.15) is 31.0 Å². The smallest absolute Gasteiger partial charge is 0.176 e. The first kappa shape index (κ1) is 15.1. The fourth-order valence-corrected chi connectivity index (χ4v) is 1.91. The van der Waals surface area contributed by atoms with Crippen molar-refractivity contribution in [2.45, 2.75) is 33.1 Å². The van der Waals surface area contributed by atoms with E-state index in [2.05, 4.69) is 5.32 Å². The van der Waals surface area contributed by atoms with Crippen molar-refractivity contribution < 1.29 is 13.9 Å². The Kier molecular flexibility index (Phi) is 6.25. The molecular weight excluding hydrogens is 233 g/mol. The van der Waals surface area contributed by atoms with Crippen molar-refractivity contribution in [3.63, 3.8) is 0 Å². The Bertz CT molecular complexity index is 365. The van der Waals surface area contributed by atoms with Gasteiger partial charge in [0.2, 0.25) is 0 Å². The van der Waals surface area contributed by atoms with E-state index in [-0.39, 0.29) is 11.9 Å². The van der Waals surface area contributed by atoms with E-state index in [1.54, 1.807) is 13.1 Å². The molecule has 1 N–H and O–H groups in total. The van der Waals surface area contributed by atoms with Crippen molar-refractivity contribution in [2.24, 2.45) is 0 Å². The molecule has 0 saturated heterocycles. The van der Waals surface area contributed by atoms with Gasteiger partial charge in [0, 0.05) is 18.8 Å². The molecule has 0 aliphatic heterocycles. The molecule has 1 rings (SSSR count). The van der Waals surface area contributed by atoms with Gasteiger partial charge in [-0.1, -0.05) is 17.7 Å². The molecule has 0 radical (unpaired) electrons. The van der Waals surface area contributed by atoms with E-state index in [1.165, 1.54) is 6.07 Å². The molecule has 4 heteroatoms. The van der Waals surface area contributed by atoms with Gasteiger partial charge in [0.15, 0.2) is 6.29 Å². The van der Waals surface area contributed by atoms with Gasteiger partial charge in [-0.2, -0.15) is 0 Å². The van der Waals surface area contributed by atoms with Crippen LogP contribution in [0.15, 0.2) is 18.2 Å². The van der Waals surface area contributed by atoms with Crippen LogP contribution in [0.2, 0.25) is 0 Å². The van der Waals surface area contributed by atoms with Gasteiger partial charge < -0.3 is 14.8 Å². The average molecular weight is 255 g/mol. The van der Waals surface area contributed by atoms with Gasteiger partial charge in [0.05, 0.1) is 6.04 Å². The summed E-state index contributed by atoms with van der Waals surface area (Å²) >= 11 is 0. The van der Waals surface area contributed by atoms with Gasteiger partial charge in [0.1, 0.15) is 5.82 Å². The number of hydrogen-bond donors (Lipinski definition) is 1. The van der Waals surface area contributed by atoms with Crippen LogP contribution in [0.25, 0.3) is 0 Å². The molecule has 1 aromatic rings. The standard InChI is InChI=1S/C14H22FNO2/c1-5-17-14(18-6-2)13(16-4)11-9-10(3)7-8-12(11)15/h7-9,13-14,16H,5-6H2,1-4H3. The van der Waals surface area contributed by atoms with Crippen molar-refractivity contribution in [1.29, 1.82) is 0 Å². The molecule has 0 fully saturated rings. The number of halogens is 1. The van der Waals surface area contributed by atoms with Crippen LogP contribution in [0, 0.1) is 12.7 Å². The molecular formula is C14H22FNO2. The molecule has 0 heterocycles. The molecule has 0 saturated carbocycles. The Hall–Kier alpha value is -0.970. The van der Waals surface area contributed by atoms with Gasteiger partial charge in [0.25, 0.3) is 0 Å². The first-order chi connectivity index (χ1) is 8.63. The maximum atomic E-state index is 13.9. The van der Waals surface area contributed by atoms with Crippen LogP contribution in [0.4, 0.5) is 4.39 Å². The summed E-state index contributed by atoms with van der Waals surface area (Å²) in [6.45, 7) is 6.77. The summed E-state index contributed by atoms with van der Waals surface area (Å²) in [7, 11) is 1.78. The summed E-state index contributed by atoms with van der Waals surface area (Å²) in [6.07, 6.45) is -0.485. The molecule has 102 valence electrons. The SMILES string of the molecule is CCOC(OCC)C(NC)c1cc(C)ccc1F. The average Bonchev–Trinajstić information content (AvgIpc) is 2.35. The van der Waals surface area contributed by atoms with Gasteiger partial charge in [-0.05, 0) is 33.9 Å². The number of likely N-dealkylation sites (N-methyl/N-ethyl adjacent to an activating group) is 1. The van der Waals surface area contributed by atoms with E-state index < -0.39 is 6.29 Å². The summed E-state index contributed by atoms with van der Waals surface area (Å²) in [5, 5.41) is 3.07. The minimum Gasteiger partial charge on any atom is -0.351 e. The first-order valence-electron chi connectivity index (χ1n) is 6.30. The molecule has 1 aromatic carbocycles. The lowest BCUT2D eigenvalue weighted by Gasteiger charge is -2.27. The summed E-state index contributed by atoms with van der Waals surface area (Å²) in [6, 6.07) is 4.73. The highest BCUT2D eigenvalue weighted by molar-refractivity contribution is 5.27. The van der Waals surface area contributed by atoms with Gasteiger partial charge in [-0.25, -0.2) is 4.39 Å². The molecule has 0 aliphatic carbocycles. The van der Waals surface area contributed by atoms with Crippen molar-refractivity contribution in [3.05, 3.63) is 35.1 Å². The zero-order chi connectivity index (χ0) is 13.5. The predicted octanol–water partition coefficient (Wildman–Crippen LogP) is 2.79. The summed E-state index contributed by atoms with van der Waals surface area (Å²) in [4.78, 5) is 0. The van der Waals surface area contributed by atoms with Gasteiger partial charge in [-0.15, -0.1) is 0 Å². The van der Waals surface area contributed by atoms with Crippen LogP contribution in [-0.2, 0) is 9.47 Å². The summed E-state index contributed by atoms with van der Waals surface area (Å²) in [5.41, 5.74) is 1.59. The minimum absolute atomic E-state index is 0.246. The second-order valence-corrected chi connectivity index (χ2v) is 4.07. The lowest BCUT2D eigenvalue weighted by atomic mass is 10.0. The third kappa shape index (κ3) is 3.77. The fraction of sp³-hybridized carbons (Fsp3) is 0.571. The second-order valence-electron chi connectivity index (χ2n) is 4.07. The highest BCUT2D eigenvalue weighted by atomic mass is 19.1. The predicted molar refractivity (Wildman–Crippen MR) is 70.0 cm³/mol. The first-order valence-corrected chi connectivity index (χ1v) is 6.30. The maximum absolute atomic E-state index is 13.9. The highest BCUT2D eigenvalue weighted by Crippen LogP contribution is 2.24. The van der Waals surface area contributed by atoms with Gasteiger partial charge >= 0.3 is 0 Å². The molecule has 0 aliphatic rings. The van der Waals surface area contributed by atoms with Crippen LogP contribution in [-0.4, -0.2) is 26.6 Å². The molecule has 1 unspecified atom stereocenters. The Morgan fingerprint density at radius 3 is 2.33 bits per heavy atom. The van der Waals surface area contributed by atoms with E-state index >= 15 is 0 Å². The molecule has 18 heavy (non-hydrogen) atoms. The lowest BCUT2D eigenvalue weighted by Crippen LogP contribution is -2.34. The van der Waals surface area contributed by atoms with Crippen molar-refractivity contribution in [3.8, 4) is 0 Å². The summed E-state index contributed by atoms with van der Waals surface area (Å²) < 4.78 is 25.0. The fourth-order valence-electron chi connectivity index (χ4n) is 1.91. The molecule has 3 nitrogen and oxygen atoms in total. The highest BCUT2D eigenvalue weighted by Gasteiger charge is 2.25. The van der Waals surface area contributed by atoms with E-state index in [0.29, 0.717) is 18.8 Å². The number of rotatable bonds is 7. The zero-order valence-corrected chi connectivity index (χ0v) is 11.5. The Labute approximate surface area is 108 Å². The number of nitrogens with one attached hydrogen (secondary N) is 1. The largest absolute Gasteiger partial charge is 0.351 e. The minimum atomic E-state index is -0.485. The number of ether oxygens (including phenoxy) is 2. The maximum Gasteiger partial charge on any atom is 0.176 e. The topological polar surface area (TPSA) is 30.5 Å².